The molecule has 0 aliphatic carbocycles. The second-order valence-electron chi connectivity index (χ2n) is 5.01. The number of rotatable bonds is 5. The Balaban J connectivity index is 2.01. The third-order valence-corrected chi connectivity index (χ3v) is 3.35. The van der Waals surface area contributed by atoms with Crippen molar-refractivity contribution in [1.82, 2.24) is 0 Å². The van der Waals surface area contributed by atoms with E-state index in [1.54, 1.807) is 62.4 Å². The number of ether oxygens (including phenoxy) is 1. The lowest BCUT2D eigenvalue weighted by Gasteiger charge is -2.15. The predicted octanol–water partition coefficient (Wildman–Crippen LogP) is 3.80. The number of aliphatic hydroxyl groups excluding tert-OH is 1. The van der Waals surface area contributed by atoms with Crippen LogP contribution in [0.15, 0.2) is 48.5 Å². The fourth-order valence-electron chi connectivity index (χ4n) is 1.92. The molecule has 2 aromatic rings. The van der Waals surface area contributed by atoms with Crippen molar-refractivity contribution in [2.24, 2.45) is 0 Å². The van der Waals surface area contributed by atoms with Crippen molar-refractivity contribution < 1.29 is 14.6 Å². The molecule has 0 heterocycles. The summed E-state index contributed by atoms with van der Waals surface area (Å²) < 4.78 is 5.56. The first-order chi connectivity index (χ1) is 10.5. The van der Waals surface area contributed by atoms with Crippen molar-refractivity contribution >= 4 is 23.2 Å². The van der Waals surface area contributed by atoms with Gasteiger partial charge in [-0.2, -0.15) is 0 Å². The van der Waals surface area contributed by atoms with Crippen molar-refractivity contribution in [3.63, 3.8) is 0 Å². The first-order valence-electron chi connectivity index (χ1n) is 6.97. The van der Waals surface area contributed by atoms with Gasteiger partial charge < -0.3 is 15.2 Å². The second kappa shape index (κ2) is 7.29. The summed E-state index contributed by atoms with van der Waals surface area (Å²) in [6, 6.07) is 14.0. The van der Waals surface area contributed by atoms with Crippen LogP contribution in [0.25, 0.3) is 0 Å². The maximum atomic E-state index is 12.2. The summed E-state index contributed by atoms with van der Waals surface area (Å²) in [6.07, 6.45) is -1.26. The van der Waals surface area contributed by atoms with Crippen LogP contribution in [0.5, 0.6) is 5.75 Å². The molecule has 5 heteroatoms. The van der Waals surface area contributed by atoms with E-state index in [4.69, 9.17) is 16.3 Å². The van der Waals surface area contributed by atoms with Gasteiger partial charge in [-0.25, -0.2) is 0 Å². The average Bonchev–Trinajstić information content (AvgIpc) is 2.47. The number of aliphatic hydroxyl groups is 1. The molecule has 2 aromatic carbocycles. The third kappa shape index (κ3) is 4.48. The SMILES string of the molecule is C[C@H](Oc1cccc(Cl)c1)C(=O)Nc1cccc([C@@H](C)O)c1. The second-order valence-corrected chi connectivity index (χ2v) is 5.44. The number of carbonyl (C=O) groups is 1. The maximum absolute atomic E-state index is 12.2. The van der Waals surface area contributed by atoms with E-state index in [-0.39, 0.29) is 5.91 Å². The highest BCUT2D eigenvalue weighted by molar-refractivity contribution is 6.30. The number of hydrogen-bond acceptors (Lipinski definition) is 3. The lowest BCUT2D eigenvalue weighted by Crippen LogP contribution is -2.30. The zero-order valence-corrected chi connectivity index (χ0v) is 13.2. The van der Waals surface area contributed by atoms with E-state index in [0.29, 0.717) is 16.5 Å². The molecule has 116 valence electrons. The van der Waals surface area contributed by atoms with Crippen LogP contribution in [0.1, 0.15) is 25.5 Å². The molecule has 0 aliphatic rings. The first-order valence-corrected chi connectivity index (χ1v) is 7.34. The number of anilines is 1. The Kier molecular flexibility index (Phi) is 5.41. The topological polar surface area (TPSA) is 58.6 Å². The number of nitrogens with one attached hydrogen (secondary N) is 1. The molecule has 4 nitrogen and oxygen atoms in total. The standard InChI is InChI=1S/C17H18ClNO3/c1-11(20)13-5-3-7-15(9-13)19-17(21)12(2)22-16-8-4-6-14(18)10-16/h3-12,20H,1-2H3,(H,19,21)/t11-,12+/m1/s1. The van der Waals surface area contributed by atoms with E-state index in [1.807, 2.05) is 0 Å². The summed E-state index contributed by atoms with van der Waals surface area (Å²) in [6.45, 7) is 3.33. The minimum Gasteiger partial charge on any atom is -0.481 e. The molecule has 0 aromatic heterocycles. The van der Waals surface area contributed by atoms with Gasteiger partial charge in [0.15, 0.2) is 6.10 Å². The summed E-state index contributed by atoms with van der Waals surface area (Å²) in [7, 11) is 0. The van der Waals surface area contributed by atoms with E-state index < -0.39 is 12.2 Å². The normalized spacial score (nSPS) is 13.3. The average molecular weight is 320 g/mol. The molecule has 0 aliphatic heterocycles. The Morgan fingerprint density at radius 3 is 2.59 bits per heavy atom. The fraction of sp³-hybridized carbons (Fsp3) is 0.235. The molecule has 0 unspecified atom stereocenters. The molecule has 0 radical (unpaired) electrons. The van der Waals surface area contributed by atoms with Crippen LogP contribution >= 0.6 is 11.6 Å². The van der Waals surface area contributed by atoms with Crippen molar-refractivity contribution in [3.8, 4) is 5.75 Å². The summed E-state index contributed by atoms with van der Waals surface area (Å²) in [5.41, 5.74) is 1.35. The summed E-state index contributed by atoms with van der Waals surface area (Å²) in [4.78, 5) is 12.2. The highest BCUT2D eigenvalue weighted by Crippen LogP contribution is 2.20. The van der Waals surface area contributed by atoms with Crippen molar-refractivity contribution in [2.75, 3.05) is 5.32 Å². The molecular weight excluding hydrogens is 302 g/mol. The largest absolute Gasteiger partial charge is 0.481 e. The van der Waals surface area contributed by atoms with Gasteiger partial charge in [-0.15, -0.1) is 0 Å². The van der Waals surface area contributed by atoms with Crippen molar-refractivity contribution in [1.29, 1.82) is 0 Å². The number of benzene rings is 2. The third-order valence-electron chi connectivity index (χ3n) is 3.11. The monoisotopic (exact) mass is 319 g/mol. The molecule has 0 saturated carbocycles. The number of amides is 1. The lowest BCUT2D eigenvalue weighted by molar-refractivity contribution is -0.122. The van der Waals surface area contributed by atoms with Crippen molar-refractivity contribution in [2.45, 2.75) is 26.1 Å². The minimum absolute atomic E-state index is 0.275. The van der Waals surface area contributed by atoms with Gasteiger partial charge in [0.05, 0.1) is 6.10 Å². The predicted molar refractivity (Wildman–Crippen MR) is 87.2 cm³/mol. The molecule has 0 fully saturated rings. The van der Waals surface area contributed by atoms with Crippen LogP contribution in [-0.2, 0) is 4.79 Å². The van der Waals surface area contributed by atoms with Crippen LogP contribution in [0.3, 0.4) is 0 Å². The number of hydrogen-bond donors (Lipinski definition) is 2. The van der Waals surface area contributed by atoms with E-state index in [9.17, 15) is 9.90 Å². The highest BCUT2D eigenvalue weighted by atomic mass is 35.5. The Labute approximate surface area is 134 Å². The van der Waals surface area contributed by atoms with Crippen LogP contribution in [0, 0.1) is 0 Å². The minimum atomic E-state index is -0.673. The Bertz CT molecular complexity index is 658. The molecule has 2 N–H and O–H groups in total. The maximum Gasteiger partial charge on any atom is 0.265 e. The molecule has 2 rings (SSSR count). The molecule has 22 heavy (non-hydrogen) atoms. The summed E-state index contributed by atoms with van der Waals surface area (Å²) >= 11 is 5.88. The quantitative estimate of drug-likeness (QED) is 0.881. The van der Waals surface area contributed by atoms with E-state index in [0.717, 1.165) is 5.56 Å². The number of halogens is 1. The molecule has 0 bridgehead atoms. The van der Waals surface area contributed by atoms with Crippen LogP contribution in [-0.4, -0.2) is 17.1 Å². The zero-order valence-electron chi connectivity index (χ0n) is 12.4. The van der Waals surface area contributed by atoms with Crippen LogP contribution in [0.4, 0.5) is 5.69 Å². The molecule has 0 saturated heterocycles. The zero-order chi connectivity index (χ0) is 16.1. The van der Waals surface area contributed by atoms with Gasteiger partial charge in [0.2, 0.25) is 0 Å². The van der Waals surface area contributed by atoms with E-state index >= 15 is 0 Å². The smallest absolute Gasteiger partial charge is 0.265 e. The molecule has 1 amide bonds. The van der Waals surface area contributed by atoms with E-state index in [1.165, 1.54) is 0 Å². The van der Waals surface area contributed by atoms with Gasteiger partial charge in [0.25, 0.3) is 5.91 Å². The fourth-order valence-corrected chi connectivity index (χ4v) is 2.10. The van der Waals surface area contributed by atoms with Gasteiger partial charge in [0, 0.05) is 10.7 Å². The van der Waals surface area contributed by atoms with Gasteiger partial charge in [0.1, 0.15) is 5.75 Å². The van der Waals surface area contributed by atoms with Gasteiger partial charge in [-0.1, -0.05) is 29.8 Å². The Morgan fingerprint density at radius 2 is 1.91 bits per heavy atom. The first kappa shape index (κ1) is 16.3. The van der Waals surface area contributed by atoms with Gasteiger partial charge >= 0.3 is 0 Å². The van der Waals surface area contributed by atoms with Crippen molar-refractivity contribution in [3.05, 3.63) is 59.1 Å². The molecular formula is C17H18ClNO3. The lowest BCUT2D eigenvalue weighted by atomic mass is 10.1. The van der Waals surface area contributed by atoms with Crippen LogP contribution in [0.2, 0.25) is 5.02 Å². The van der Waals surface area contributed by atoms with E-state index in [2.05, 4.69) is 5.32 Å². The molecule has 0 spiro atoms. The Morgan fingerprint density at radius 1 is 1.18 bits per heavy atom. The number of carbonyl (C=O) groups excluding carboxylic acids is 1. The van der Waals surface area contributed by atoms with Gasteiger partial charge in [-0.3, -0.25) is 4.79 Å². The molecule has 2 atom stereocenters. The summed E-state index contributed by atoms with van der Waals surface area (Å²) in [5.74, 6) is 0.260. The van der Waals surface area contributed by atoms with Gasteiger partial charge in [-0.05, 0) is 49.7 Å². The Hall–Kier alpha value is -2.04. The summed E-state index contributed by atoms with van der Waals surface area (Å²) in [5, 5.41) is 12.9. The highest BCUT2D eigenvalue weighted by Gasteiger charge is 2.15. The van der Waals surface area contributed by atoms with Crippen LogP contribution < -0.4 is 10.1 Å².